The molecule has 7 nitrogen and oxygen atoms in total. The normalized spacial score (nSPS) is 13.0. The predicted molar refractivity (Wildman–Crippen MR) is 117 cm³/mol. The summed E-state index contributed by atoms with van der Waals surface area (Å²) < 4.78 is 18.8. The Bertz CT molecular complexity index is 1150. The molecule has 1 aromatic heterocycles. The number of fused-ring (bicyclic) bond motifs is 2. The lowest BCUT2D eigenvalue weighted by molar-refractivity contribution is -0.121. The van der Waals surface area contributed by atoms with Crippen LogP contribution in [0.2, 0.25) is 0 Å². The summed E-state index contributed by atoms with van der Waals surface area (Å²) in [5, 5.41) is 3.82. The molecule has 0 atom stereocenters. The number of hydrogen-bond acceptors (Lipinski definition) is 5. The Kier molecular flexibility index (Phi) is 5.84. The van der Waals surface area contributed by atoms with Crippen LogP contribution in [0.4, 0.5) is 0 Å². The summed E-state index contributed by atoms with van der Waals surface area (Å²) in [6, 6.07) is 11.3. The highest BCUT2D eigenvalue weighted by Crippen LogP contribution is 2.36. The van der Waals surface area contributed by atoms with Crippen molar-refractivity contribution in [1.82, 2.24) is 9.88 Å². The summed E-state index contributed by atoms with van der Waals surface area (Å²) in [5.41, 5.74) is 3.12. The number of para-hydroxylation sites is 1. The second-order valence-electron chi connectivity index (χ2n) is 7.56. The highest BCUT2D eigenvalue weighted by Gasteiger charge is 2.19. The Hall–Kier alpha value is -3.48. The van der Waals surface area contributed by atoms with Crippen molar-refractivity contribution in [3.05, 3.63) is 53.2 Å². The van der Waals surface area contributed by atoms with Crippen LogP contribution in [0.25, 0.3) is 10.9 Å². The number of nitrogens with one attached hydrogen (secondary N) is 1. The second kappa shape index (κ2) is 8.71. The Balaban J connectivity index is 1.54. The highest BCUT2D eigenvalue weighted by atomic mass is 16.5. The first-order valence-corrected chi connectivity index (χ1v) is 10.3. The lowest BCUT2D eigenvalue weighted by Crippen LogP contribution is -2.27. The molecular weight excluding hydrogens is 396 g/mol. The fourth-order valence-corrected chi connectivity index (χ4v) is 4.03. The number of hydrogen-bond donors (Lipinski definition) is 1. The summed E-state index contributed by atoms with van der Waals surface area (Å²) in [5.74, 6) is 1.76. The number of amides is 1. The van der Waals surface area contributed by atoms with Gasteiger partial charge < -0.3 is 24.1 Å². The van der Waals surface area contributed by atoms with E-state index in [2.05, 4.69) is 5.32 Å². The van der Waals surface area contributed by atoms with Crippen LogP contribution in [-0.2, 0) is 17.9 Å². The van der Waals surface area contributed by atoms with Crippen LogP contribution in [0.15, 0.2) is 36.4 Å². The van der Waals surface area contributed by atoms with Crippen molar-refractivity contribution in [3.63, 3.8) is 0 Å². The van der Waals surface area contributed by atoms with E-state index < -0.39 is 0 Å². The molecule has 0 saturated heterocycles. The highest BCUT2D eigenvalue weighted by molar-refractivity contribution is 6.08. The zero-order valence-corrected chi connectivity index (χ0v) is 18.0. The number of carbonyl (C=O) groups is 2. The quantitative estimate of drug-likeness (QED) is 0.614. The van der Waals surface area contributed by atoms with Gasteiger partial charge in [0, 0.05) is 46.8 Å². The third-order valence-electron chi connectivity index (χ3n) is 5.51. The molecule has 162 valence electrons. The van der Waals surface area contributed by atoms with Gasteiger partial charge in [0.25, 0.3) is 0 Å². The van der Waals surface area contributed by atoms with Gasteiger partial charge in [-0.3, -0.25) is 9.59 Å². The monoisotopic (exact) mass is 422 g/mol. The van der Waals surface area contributed by atoms with Crippen LogP contribution in [0.5, 0.6) is 17.2 Å². The number of carbonyl (C=O) groups excluding carboxylic acids is 2. The molecule has 0 radical (unpaired) electrons. The first kappa shape index (κ1) is 20.8. The molecule has 0 spiro atoms. The topological polar surface area (TPSA) is 78.8 Å². The number of rotatable bonds is 6. The van der Waals surface area contributed by atoms with Gasteiger partial charge in [-0.15, -0.1) is 0 Å². The minimum absolute atomic E-state index is 0.00945. The van der Waals surface area contributed by atoms with Gasteiger partial charge in [-0.1, -0.05) is 18.2 Å². The number of Topliss-reactive ketones (excluding diaryl/α,β-unsaturated/α-hetero) is 1. The second-order valence-corrected chi connectivity index (χ2v) is 7.56. The van der Waals surface area contributed by atoms with Crippen molar-refractivity contribution in [2.24, 2.45) is 0 Å². The van der Waals surface area contributed by atoms with Gasteiger partial charge in [-0.2, -0.15) is 0 Å². The number of methoxy groups -OCH3 is 1. The van der Waals surface area contributed by atoms with Gasteiger partial charge in [-0.05, 0) is 26.0 Å². The Morgan fingerprint density at radius 3 is 2.55 bits per heavy atom. The molecule has 0 aliphatic carbocycles. The van der Waals surface area contributed by atoms with Gasteiger partial charge >= 0.3 is 0 Å². The number of nitrogens with zero attached hydrogens (tertiary/aromatic N) is 1. The van der Waals surface area contributed by atoms with Gasteiger partial charge in [0.15, 0.2) is 17.3 Å². The zero-order chi connectivity index (χ0) is 22.0. The fraction of sp³-hybridized carbons (Fsp3) is 0.333. The summed E-state index contributed by atoms with van der Waals surface area (Å²) in [6.07, 6.45) is 0.815. The maximum absolute atomic E-state index is 12.8. The average Bonchev–Trinajstić information content (AvgIpc) is 2.89. The molecule has 2 heterocycles. The summed E-state index contributed by atoms with van der Waals surface area (Å²) in [6.45, 7) is 5.01. The van der Waals surface area contributed by atoms with Crippen LogP contribution in [0.3, 0.4) is 0 Å². The van der Waals surface area contributed by atoms with Crippen LogP contribution in [0.1, 0.15) is 35.0 Å². The Morgan fingerprint density at radius 2 is 1.84 bits per heavy atom. The van der Waals surface area contributed by atoms with Crippen molar-refractivity contribution in [1.29, 1.82) is 0 Å². The molecular formula is C24H26N2O5. The number of ketones is 1. The molecule has 1 aliphatic rings. The van der Waals surface area contributed by atoms with Crippen molar-refractivity contribution in [3.8, 4) is 17.2 Å². The Labute approximate surface area is 180 Å². The smallest absolute Gasteiger partial charge is 0.240 e. The minimum atomic E-state index is -0.159. The van der Waals surface area contributed by atoms with Gasteiger partial charge in [0.1, 0.15) is 12.3 Å². The molecule has 2 aromatic carbocycles. The van der Waals surface area contributed by atoms with Crippen LogP contribution in [0, 0.1) is 6.92 Å². The molecule has 1 N–H and O–H groups in total. The minimum Gasteiger partial charge on any atom is -0.496 e. The first-order chi connectivity index (χ1) is 15.0. The van der Waals surface area contributed by atoms with Crippen LogP contribution in [-0.4, -0.2) is 36.6 Å². The maximum atomic E-state index is 12.8. The van der Waals surface area contributed by atoms with E-state index in [0.717, 1.165) is 28.6 Å². The summed E-state index contributed by atoms with van der Waals surface area (Å²) in [7, 11) is 1.59. The van der Waals surface area contributed by atoms with E-state index in [1.54, 1.807) is 20.1 Å². The molecule has 0 fully saturated rings. The molecule has 3 aromatic rings. The fourth-order valence-electron chi connectivity index (χ4n) is 4.03. The number of aromatic nitrogens is 1. The number of benzene rings is 2. The molecule has 31 heavy (non-hydrogen) atoms. The van der Waals surface area contributed by atoms with Gasteiger partial charge in [0.2, 0.25) is 5.91 Å². The van der Waals surface area contributed by atoms with E-state index in [9.17, 15) is 9.59 Å². The molecule has 1 aliphatic heterocycles. The van der Waals surface area contributed by atoms with E-state index in [1.165, 1.54) is 0 Å². The zero-order valence-electron chi connectivity index (χ0n) is 18.0. The van der Waals surface area contributed by atoms with E-state index >= 15 is 0 Å². The van der Waals surface area contributed by atoms with Gasteiger partial charge in [-0.25, -0.2) is 0 Å². The van der Waals surface area contributed by atoms with Crippen molar-refractivity contribution in [2.75, 3.05) is 20.3 Å². The molecule has 7 heteroatoms. The van der Waals surface area contributed by atoms with Crippen molar-refractivity contribution in [2.45, 2.75) is 33.4 Å². The van der Waals surface area contributed by atoms with E-state index in [4.69, 9.17) is 14.2 Å². The largest absolute Gasteiger partial charge is 0.496 e. The third-order valence-corrected chi connectivity index (χ3v) is 5.51. The lowest BCUT2D eigenvalue weighted by Gasteiger charge is -2.15. The molecule has 4 rings (SSSR count). The predicted octanol–water partition coefficient (Wildman–Crippen LogP) is 3.64. The van der Waals surface area contributed by atoms with Gasteiger partial charge in [0.05, 0.1) is 20.3 Å². The number of ether oxygens (including phenoxy) is 3. The molecule has 0 unspecified atom stereocenters. The molecule has 1 amide bonds. The summed E-state index contributed by atoms with van der Waals surface area (Å²) in [4.78, 5) is 24.9. The first-order valence-electron chi connectivity index (χ1n) is 10.3. The maximum Gasteiger partial charge on any atom is 0.240 e. The molecule has 0 saturated carbocycles. The van der Waals surface area contributed by atoms with Crippen LogP contribution >= 0.6 is 0 Å². The standard InChI is InChI=1S/C24H26N2O5/c1-15-24(16(2)27)18-7-4-5-8-19(18)26(15)14-23(28)25-13-17-11-21-22(12-20(17)29-3)31-10-6-9-30-21/h4-5,7-8,11-12H,6,9-10,13-14H2,1-3H3,(H,25,28). The summed E-state index contributed by atoms with van der Waals surface area (Å²) >= 11 is 0. The van der Waals surface area contributed by atoms with E-state index in [0.29, 0.717) is 36.0 Å². The third kappa shape index (κ3) is 4.08. The average molecular weight is 422 g/mol. The van der Waals surface area contributed by atoms with Crippen LogP contribution < -0.4 is 19.5 Å². The van der Waals surface area contributed by atoms with E-state index in [1.807, 2.05) is 41.8 Å². The lowest BCUT2D eigenvalue weighted by atomic mass is 10.1. The van der Waals surface area contributed by atoms with Crippen molar-refractivity contribution < 1.29 is 23.8 Å². The SMILES string of the molecule is COc1cc2c(cc1CNC(=O)Cn1c(C)c(C(C)=O)c3ccccc31)OCCCO2. The van der Waals surface area contributed by atoms with Crippen molar-refractivity contribution >= 4 is 22.6 Å². The Morgan fingerprint density at radius 1 is 1.13 bits per heavy atom. The molecule has 0 bridgehead atoms. The van der Waals surface area contributed by atoms with E-state index in [-0.39, 0.29) is 24.8 Å².